The van der Waals surface area contributed by atoms with E-state index in [1.54, 1.807) is 0 Å². The zero-order valence-electron chi connectivity index (χ0n) is 9.69. The van der Waals surface area contributed by atoms with E-state index < -0.39 is 7.26 Å². The summed E-state index contributed by atoms with van der Waals surface area (Å²) in [6.07, 6.45) is 11.6. The van der Waals surface area contributed by atoms with Gasteiger partial charge in [0.15, 0.2) is 0 Å². The molecule has 0 amide bonds. The van der Waals surface area contributed by atoms with E-state index in [0.29, 0.717) is 0 Å². The second-order valence-electron chi connectivity index (χ2n) is 4.74. The fourth-order valence-corrected chi connectivity index (χ4v) is 4.56. The number of hydrogen-bond acceptors (Lipinski definition) is 0. The Morgan fingerprint density at radius 2 is 2.00 bits per heavy atom. The van der Waals surface area contributed by atoms with Crippen LogP contribution in [-0.2, 0) is 0 Å². The first-order valence-electron chi connectivity index (χ1n) is 5.48. The van der Waals surface area contributed by atoms with Crippen LogP contribution in [0.4, 0.5) is 0 Å². The van der Waals surface area contributed by atoms with Crippen molar-refractivity contribution in [1.29, 1.82) is 0 Å². The zero-order valence-corrected chi connectivity index (χ0v) is 10.7. The molecule has 0 aromatic heterocycles. The molecule has 0 aliphatic heterocycles. The molecule has 0 bridgehead atoms. The summed E-state index contributed by atoms with van der Waals surface area (Å²) < 4.78 is 0. The van der Waals surface area contributed by atoms with Gasteiger partial charge >= 0.3 is 84.3 Å². The van der Waals surface area contributed by atoms with Crippen LogP contribution in [0.5, 0.6) is 0 Å². The van der Waals surface area contributed by atoms with Crippen molar-refractivity contribution in [2.24, 2.45) is 0 Å². The number of rotatable bonds is 6. The van der Waals surface area contributed by atoms with Crippen molar-refractivity contribution in [3.63, 3.8) is 0 Å². The van der Waals surface area contributed by atoms with Crippen molar-refractivity contribution in [1.82, 2.24) is 0 Å². The predicted molar refractivity (Wildman–Crippen MR) is 67.5 cm³/mol. The third kappa shape index (κ3) is 5.33. The molecule has 0 spiro atoms. The Balaban J connectivity index is 3.80. The topological polar surface area (TPSA) is 0 Å². The van der Waals surface area contributed by atoms with Crippen molar-refractivity contribution in [2.75, 3.05) is 19.5 Å². The molecule has 1 heteroatoms. The van der Waals surface area contributed by atoms with Gasteiger partial charge in [0.05, 0.1) is 0 Å². The Bertz CT molecular complexity index is 164. The van der Waals surface area contributed by atoms with Crippen LogP contribution in [0.25, 0.3) is 0 Å². The average Bonchev–Trinajstić information content (AvgIpc) is 2.04. The van der Waals surface area contributed by atoms with E-state index in [4.69, 9.17) is 6.42 Å². The fraction of sp³-hybridized carbons (Fsp3) is 0.833. The van der Waals surface area contributed by atoms with Crippen LogP contribution in [0, 0.1) is 12.3 Å². The SMILES string of the molecule is C#CCCCC(C)[PH](C)(C)CCC. The normalized spacial score (nSPS) is 15.0. The Kier molecular flexibility index (Phi) is 6.44. The first-order chi connectivity index (χ1) is 6.04. The summed E-state index contributed by atoms with van der Waals surface area (Å²) in [5, 5.41) is 0. The summed E-state index contributed by atoms with van der Waals surface area (Å²) in [5.41, 5.74) is 0.931. The second-order valence-corrected chi connectivity index (χ2v) is 10.2. The van der Waals surface area contributed by atoms with Crippen molar-refractivity contribution in [2.45, 2.75) is 45.2 Å². The number of unbranched alkanes of at least 4 members (excludes halogenated alkanes) is 1. The Morgan fingerprint density at radius 3 is 2.46 bits per heavy atom. The van der Waals surface area contributed by atoms with E-state index >= 15 is 0 Å². The van der Waals surface area contributed by atoms with Gasteiger partial charge in [-0.3, -0.25) is 0 Å². The number of hydrogen-bond donors (Lipinski definition) is 0. The fourth-order valence-electron chi connectivity index (χ4n) is 1.79. The molecule has 1 atom stereocenters. The molecular weight excluding hydrogens is 175 g/mol. The summed E-state index contributed by atoms with van der Waals surface area (Å²) in [6.45, 7) is 9.73. The van der Waals surface area contributed by atoms with Crippen LogP contribution in [0.15, 0.2) is 0 Å². The molecule has 0 radical (unpaired) electrons. The van der Waals surface area contributed by atoms with Crippen LogP contribution in [0.3, 0.4) is 0 Å². The van der Waals surface area contributed by atoms with Gasteiger partial charge in [0, 0.05) is 0 Å². The average molecular weight is 200 g/mol. The summed E-state index contributed by atoms with van der Waals surface area (Å²) >= 11 is 0. The van der Waals surface area contributed by atoms with E-state index in [2.05, 4.69) is 33.1 Å². The molecule has 0 aliphatic rings. The minimum absolute atomic E-state index is 0.925. The van der Waals surface area contributed by atoms with Gasteiger partial charge in [0.25, 0.3) is 0 Å². The molecule has 13 heavy (non-hydrogen) atoms. The monoisotopic (exact) mass is 200 g/mol. The van der Waals surface area contributed by atoms with Gasteiger partial charge in [0.2, 0.25) is 0 Å². The summed E-state index contributed by atoms with van der Waals surface area (Å²) in [6, 6.07) is 0. The van der Waals surface area contributed by atoms with Crippen molar-refractivity contribution in [3.05, 3.63) is 0 Å². The van der Waals surface area contributed by atoms with Gasteiger partial charge in [-0.15, -0.1) is 0 Å². The summed E-state index contributed by atoms with van der Waals surface area (Å²) in [5.74, 6) is 2.72. The molecule has 0 heterocycles. The molecule has 78 valence electrons. The van der Waals surface area contributed by atoms with Gasteiger partial charge in [-0.2, -0.15) is 0 Å². The zero-order chi connectivity index (χ0) is 10.3. The van der Waals surface area contributed by atoms with E-state index in [0.717, 1.165) is 12.1 Å². The van der Waals surface area contributed by atoms with E-state index in [1.807, 2.05) is 0 Å². The maximum absolute atomic E-state index is 5.24. The van der Waals surface area contributed by atoms with Crippen molar-refractivity contribution < 1.29 is 0 Å². The van der Waals surface area contributed by atoms with E-state index in [1.165, 1.54) is 25.4 Å². The second kappa shape index (κ2) is 6.44. The van der Waals surface area contributed by atoms with Crippen LogP contribution in [0.1, 0.15) is 39.5 Å². The number of terminal acetylenes is 1. The van der Waals surface area contributed by atoms with Crippen molar-refractivity contribution in [3.8, 4) is 12.3 Å². The summed E-state index contributed by atoms with van der Waals surface area (Å²) in [4.78, 5) is 0. The molecule has 0 fully saturated rings. The molecule has 0 saturated carbocycles. The van der Waals surface area contributed by atoms with Gasteiger partial charge in [-0.05, 0) is 0 Å². The minimum atomic E-state index is -0.925. The van der Waals surface area contributed by atoms with Crippen LogP contribution >= 0.6 is 7.26 Å². The predicted octanol–water partition coefficient (Wildman–Crippen LogP) is 3.60. The maximum atomic E-state index is 5.24. The Morgan fingerprint density at radius 1 is 1.38 bits per heavy atom. The van der Waals surface area contributed by atoms with E-state index in [-0.39, 0.29) is 0 Å². The van der Waals surface area contributed by atoms with Gasteiger partial charge in [-0.25, -0.2) is 0 Å². The van der Waals surface area contributed by atoms with E-state index in [9.17, 15) is 0 Å². The molecule has 0 aromatic carbocycles. The molecule has 0 aliphatic carbocycles. The van der Waals surface area contributed by atoms with Crippen LogP contribution in [-0.4, -0.2) is 25.2 Å². The third-order valence-corrected chi connectivity index (χ3v) is 7.93. The standard InChI is InChI=1S/C12H25P/c1-6-8-9-10-12(3)13(4,5)11-7-2/h1,12-13H,7-11H2,2-5H3. The Hall–Kier alpha value is -0.0100. The summed E-state index contributed by atoms with van der Waals surface area (Å²) in [7, 11) is -0.925. The first-order valence-corrected chi connectivity index (χ1v) is 8.76. The molecule has 1 unspecified atom stereocenters. The van der Waals surface area contributed by atoms with Gasteiger partial charge in [-0.1, -0.05) is 0 Å². The van der Waals surface area contributed by atoms with Gasteiger partial charge in [0.1, 0.15) is 0 Å². The molecule has 0 saturated heterocycles. The van der Waals surface area contributed by atoms with Crippen LogP contribution in [0.2, 0.25) is 0 Å². The first kappa shape index (κ1) is 13.0. The van der Waals surface area contributed by atoms with Crippen molar-refractivity contribution >= 4 is 7.26 Å². The Labute approximate surface area is 84.8 Å². The molecule has 0 nitrogen and oxygen atoms in total. The molecule has 0 N–H and O–H groups in total. The quantitative estimate of drug-likeness (QED) is 0.349. The third-order valence-electron chi connectivity index (χ3n) is 3.19. The molecule has 0 rings (SSSR count). The molecule has 0 aromatic rings. The van der Waals surface area contributed by atoms with Gasteiger partial charge < -0.3 is 0 Å². The molecular formula is C12H25P. The van der Waals surface area contributed by atoms with Crippen LogP contribution < -0.4 is 0 Å².